The van der Waals surface area contributed by atoms with Gasteiger partial charge in [-0.1, -0.05) is 0 Å². The van der Waals surface area contributed by atoms with Gasteiger partial charge in [-0.25, -0.2) is 0 Å². The van der Waals surface area contributed by atoms with Crippen molar-refractivity contribution in [2.24, 2.45) is 0 Å². The number of nitrogens with two attached hydrogens (primary N) is 1. The standard InChI is InChI=1S/C9H11F3N2O/c1-14(15-2)6-3-4-8(13)7(5-6)9(10,11)12/h3-5H,13H2,1-2H3. The predicted molar refractivity (Wildman–Crippen MR) is 51.3 cm³/mol. The first-order chi connectivity index (χ1) is 6.86. The molecule has 0 aromatic heterocycles. The molecule has 3 nitrogen and oxygen atoms in total. The molecule has 0 aliphatic heterocycles. The number of nitrogens with zero attached hydrogens (tertiary/aromatic N) is 1. The smallest absolute Gasteiger partial charge is 0.398 e. The van der Waals surface area contributed by atoms with E-state index in [0.717, 1.165) is 6.07 Å². The van der Waals surface area contributed by atoms with Crippen molar-refractivity contribution in [3.8, 4) is 0 Å². The van der Waals surface area contributed by atoms with E-state index in [-0.39, 0.29) is 5.69 Å². The van der Waals surface area contributed by atoms with E-state index in [1.165, 1.54) is 31.4 Å². The second-order valence-electron chi connectivity index (χ2n) is 2.95. The van der Waals surface area contributed by atoms with Gasteiger partial charge in [0.25, 0.3) is 0 Å². The SMILES string of the molecule is CON(C)c1ccc(N)c(C(F)(F)F)c1. The van der Waals surface area contributed by atoms with Crippen molar-refractivity contribution < 1.29 is 18.0 Å². The Morgan fingerprint density at radius 2 is 1.93 bits per heavy atom. The summed E-state index contributed by atoms with van der Waals surface area (Å²) in [5, 5.41) is 1.22. The maximum absolute atomic E-state index is 12.5. The van der Waals surface area contributed by atoms with Crippen LogP contribution in [-0.2, 0) is 11.0 Å². The number of hydrogen-bond acceptors (Lipinski definition) is 3. The fourth-order valence-corrected chi connectivity index (χ4v) is 1.09. The normalized spacial score (nSPS) is 11.5. The van der Waals surface area contributed by atoms with E-state index in [1.807, 2.05) is 0 Å². The van der Waals surface area contributed by atoms with E-state index in [2.05, 4.69) is 0 Å². The van der Waals surface area contributed by atoms with Crippen molar-refractivity contribution in [3.63, 3.8) is 0 Å². The minimum absolute atomic E-state index is 0.291. The average Bonchev–Trinajstić information content (AvgIpc) is 2.15. The third-order valence-electron chi connectivity index (χ3n) is 1.98. The summed E-state index contributed by atoms with van der Waals surface area (Å²) in [4.78, 5) is 4.77. The van der Waals surface area contributed by atoms with E-state index < -0.39 is 11.7 Å². The number of nitrogen functional groups attached to an aromatic ring is 1. The summed E-state index contributed by atoms with van der Waals surface area (Å²) in [7, 11) is 2.87. The summed E-state index contributed by atoms with van der Waals surface area (Å²) in [6.07, 6.45) is -4.45. The van der Waals surface area contributed by atoms with Gasteiger partial charge >= 0.3 is 6.18 Å². The molecule has 0 heterocycles. The molecular formula is C9H11F3N2O. The van der Waals surface area contributed by atoms with Gasteiger partial charge in [-0.15, -0.1) is 0 Å². The van der Waals surface area contributed by atoms with E-state index in [9.17, 15) is 13.2 Å². The molecule has 0 saturated carbocycles. The lowest BCUT2D eigenvalue weighted by molar-refractivity contribution is -0.136. The fraction of sp³-hybridized carbons (Fsp3) is 0.333. The summed E-state index contributed by atoms with van der Waals surface area (Å²) in [6.45, 7) is 0. The highest BCUT2D eigenvalue weighted by molar-refractivity contribution is 5.58. The van der Waals surface area contributed by atoms with Gasteiger partial charge in [-0.05, 0) is 18.2 Å². The second-order valence-corrected chi connectivity index (χ2v) is 2.95. The quantitative estimate of drug-likeness (QED) is 0.613. The molecule has 1 aromatic rings. The van der Waals surface area contributed by atoms with Gasteiger partial charge in [0.2, 0.25) is 0 Å². The van der Waals surface area contributed by atoms with Crippen LogP contribution in [0.5, 0.6) is 0 Å². The molecule has 6 heteroatoms. The van der Waals surface area contributed by atoms with E-state index >= 15 is 0 Å². The Kier molecular flexibility index (Phi) is 3.09. The molecule has 0 unspecified atom stereocenters. The molecule has 0 saturated heterocycles. The van der Waals surface area contributed by atoms with Crippen LogP contribution >= 0.6 is 0 Å². The molecule has 0 aliphatic carbocycles. The number of hydrogen-bond donors (Lipinski definition) is 1. The van der Waals surface area contributed by atoms with Gasteiger partial charge < -0.3 is 5.73 Å². The predicted octanol–water partition coefficient (Wildman–Crippen LogP) is 2.29. The molecule has 1 rings (SSSR count). The van der Waals surface area contributed by atoms with Crippen molar-refractivity contribution in [2.75, 3.05) is 25.0 Å². The van der Waals surface area contributed by atoms with E-state index in [4.69, 9.17) is 10.6 Å². The lowest BCUT2D eigenvalue weighted by Crippen LogP contribution is -2.16. The van der Waals surface area contributed by atoms with Crippen LogP contribution in [0.25, 0.3) is 0 Å². The molecule has 0 amide bonds. The second kappa shape index (κ2) is 3.98. The van der Waals surface area contributed by atoms with Crippen LogP contribution in [0, 0.1) is 0 Å². The Morgan fingerprint density at radius 1 is 1.33 bits per heavy atom. The van der Waals surface area contributed by atoms with E-state index in [1.54, 1.807) is 0 Å². The molecule has 0 radical (unpaired) electrons. The molecule has 0 bridgehead atoms. The van der Waals surface area contributed by atoms with Gasteiger partial charge in [0.05, 0.1) is 18.4 Å². The minimum Gasteiger partial charge on any atom is -0.398 e. The topological polar surface area (TPSA) is 38.5 Å². The largest absolute Gasteiger partial charge is 0.418 e. The van der Waals surface area contributed by atoms with Crippen molar-refractivity contribution >= 4 is 11.4 Å². The molecule has 0 atom stereocenters. The monoisotopic (exact) mass is 220 g/mol. The molecular weight excluding hydrogens is 209 g/mol. The van der Waals surface area contributed by atoms with E-state index in [0.29, 0.717) is 5.69 Å². The lowest BCUT2D eigenvalue weighted by Gasteiger charge is -2.18. The Balaban J connectivity index is 3.17. The van der Waals surface area contributed by atoms with Gasteiger partial charge in [0, 0.05) is 12.7 Å². The Labute approximate surface area is 85.2 Å². The zero-order valence-corrected chi connectivity index (χ0v) is 8.30. The van der Waals surface area contributed by atoms with Crippen LogP contribution < -0.4 is 10.8 Å². The highest BCUT2D eigenvalue weighted by Gasteiger charge is 2.33. The summed E-state index contributed by atoms with van der Waals surface area (Å²) in [5.74, 6) is 0. The molecule has 0 aliphatic rings. The first-order valence-electron chi connectivity index (χ1n) is 4.11. The molecule has 0 spiro atoms. The highest BCUT2D eigenvalue weighted by atomic mass is 19.4. The number of hydroxylamine groups is 1. The summed E-state index contributed by atoms with van der Waals surface area (Å²) >= 11 is 0. The first kappa shape index (κ1) is 11.6. The van der Waals surface area contributed by atoms with Crippen LogP contribution in [0.4, 0.5) is 24.5 Å². The van der Waals surface area contributed by atoms with Crippen molar-refractivity contribution in [2.45, 2.75) is 6.18 Å². The summed E-state index contributed by atoms with van der Waals surface area (Å²) in [6, 6.07) is 3.60. The number of rotatable bonds is 2. The van der Waals surface area contributed by atoms with Crippen LogP contribution in [0.1, 0.15) is 5.56 Å². The van der Waals surface area contributed by atoms with Gasteiger partial charge in [0.15, 0.2) is 0 Å². The van der Waals surface area contributed by atoms with Crippen molar-refractivity contribution in [1.29, 1.82) is 0 Å². The van der Waals surface area contributed by atoms with Crippen LogP contribution in [0.3, 0.4) is 0 Å². The maximum Gasteiger partial charge on any atom is 0.418 e. The van der Waals surface area contributed by atoms with Crippen LogP contribution in [-0.4, -0.2) is 14.2 Å². The molecule has 15 heavy (non-hydrogen) atoms. The Hall–Kier alpha value is -1.43. The summed E-state index contributed by atoms with van der Waals surface area (Å²) in [5.41, 5.74) is 4.38. The number of halogens is 3. The van der Waals surface area contributed by atoms with Gasteiger partial charge in [-0.3, -0.25) is 9.90 Å². The zero-order chi connectivity index (χ0) is 11.6. The first-order valence-corrected chi connectivity index (χ1v) is 4.11. The third-order valence-corrected chi connectivity index (χ3v) is 1.98. The summed E-state index contributed by atoms with van der Waals surface area (Å²) < 4.78 is 37.4. The van der Waals surface area contributed by atoms with Crippen molar-refractivity contribution in [3.05, 3.63) is 23.8 Å². The third kappa shape index (κ3) is 2.53. The zero-order valence-electron chi connectivity index (χ0n) is 8.30. The lowest BCUT2D eigenvalue weighted by atomic mass is 10.1. The Morgan fingerprint density at radius 3 is 2.40 bits per heavy atom. The van der Waals surface area contributed by atoms with Crippen LogP contribution in [0.15, 0.2) is 18.2 Å². The highest BCUT2D eigenvalue weighted by Crippen LogP contribution is 2.35. The molecule has 0 fully saturated rings. The number of alkyl halides is 3. The van der Waals surface area contributed by atoms with Crippen molar-refractivity contribution in [1.82, 2.24) is 0 Å². The number of benzene rings is 1. The average molecular weight is 220 g/mol. The molecule has 84 valence electrons. The van der Waals surface area contributed by atoms with Gasteiger partial charge in [0.1, 0.15) is 0 Å². The maximum atomic E-state index is 12.5. The van der Waals surface area contributed by atoms with Crippen LogP contribution in [0.2, 0.25) is 0 Å². The minimum atomic E-state index is -4.45. The number of anilines is 2. The van der Waals surface area contributed by atoms with Gasteiger partial charge in [-0.2, -0.15) is 13.2 Å². The molecule has 1 aromatic carbocycles. The fourth-order valence-electron chi connectivity index (χ4n) is 1.09. The molecule has 2 N–H and O–H groups in total. The Bertz CT molecular complexity index is 352.